The van der Waals surface area contributed by atoms with Crippen LogP contribution in [0.2, 0.25) is 0 Å². The number of hydrogen-bond donors (Lipinski definition) is 0. The van der Waals surface area contributed by atoms with Crippen molar-refractivity contribution in [1.29, 1.82) is 0 Å². The predicted octanol–water partition coefficient (Wildman–Crippen LogP) is 4.70. The number of carbonyl (C=O) groups is 2. The zero-order chi connectivity index (χ0) is 18.4. The van der Waals surface area contributed by atoms with Crippen LogP contribution in [0.15, 0.2) is 72.8 Å². The Kier molecular flexibility index (Phi) is 3.31. The van der Waals surface area contributed by atoms with Gasteiger partial charge in [0.25, 0.3) is 0 Å². The normalized spacial score (nSPS) is 12.6. The lowest BCUT2D eigenvalue weighted by molar-refractivity contribution is 0.0444. The van der Waals surface area contributed by atoms with E-state index in [1.54, 1.807) is 18.2 Å². The maximum Gasteiger partial charge on any atom is 0.346 e. The fourth-order valence-corrected chi connectivity index (χ4v) is 3.38. The molecule has 0 aromatic heterocycles. The monoisotopic (exact) mass is 348 g/mol. The Bertz CT molecular complexity index is 1340. The molecule has 4 aromatic carbocycles. The summed E-state index contributed by atoms with van der Waals surface area (Å²) in [6.45, 7) is 0. The van der Waals surface area contributed by atoms with E-state index >= 15 is 0 Å². The molecule has 0 aliphatic carbocycles. The summed E-state index contributed by atoms with van der Waals surface area (Å²) < 4.78 is 4.62. The molecule has 0 saturated carbocycles. The molecule has 1 aliphatic rings. The lowest BCUT2D eigenvalue weighted by Gasteiger charge is -2.04. The van der Waals surface area contributed by atoms with Gasteiger partial charge in [0.15, 0.2) is 0 Å². The maximum absolute atomic E-state index is 11.7. The number of ether oxygens (including phenoxy) is 1. The highest BCUT2D eigenvalue weighted by atomic mass is 16.6. The zero-order valence-electron chi connectivity index (χ0n) is 14.2. The first kappa shape index (κ1) is 15.4. The molecular formula is C24H12O3. The molecule has 0 N–H and O–H groups in total. The van der Waals surface area contributed by atoms with Crippen LogP contribution in [0.1, 0.15) is 31.8 Å². The Balaban J connectivity index is 1.62. The second-order valence-corrected chi connectivity index (χ2v) is 6.41. The summed E-state index contributed by atoms with van der Waals surface area (Å²) in [6, 6.07) is 23.5. The van der Waals surface area contributed by atoms with E-state index in [1.165, 1.54) is 5.39 Å². The summed E-state index contributed by atoms with van der Waals surface area (Å²) in [6.07, 6.45) is 0. The minimum absolute atomic E-state index is 0.274. The summed E-state index contributed by atoms with van der Waals surface area (Å²) in [5.74, 6) is 5.08. The minimum Gasteiger partial charge on any atom is -0.386 e. The lowest BCUT2D eigenvalue weighted by atomic mass is 9.99. The van der Waals surface area contributed by atoms with Gasteiger partial charge in [-0.1, -0.05) is 48.2 Å². The number of carbonyl (C=O) groups excluding carboxylic acids is 2. The van der Waals surface area contributed by atoms with Gasteiger partial charge in [0.05, 0.1) is 11.1 Å². The number of fused-ring (bicyclic) bond motifs is 3. The van der Waals surface area contributed by atoms with Crippen LogP contribution in [0.4, 0.5) is 0 Å². The molecule has 27 heavy (non-hydrogen) atoms. The van der Waals surface area contributed by atoms with Crippen molar-refractivity contribution in [2.45, 2.75) is 0 Å². The molecule has 0 fully saturated rings. The number of hydrogen-bond acceptors (Lipinski definition) is 3. The number of rotatable bonds is 0. The molecule has 126 valence electrons. The van der Waals surface area contributed by atoms with E-state index in [9.17, 15) is 9.59 Å². The average molecular weight is 348 g/mol. The summed E-state index contributed by atoms with van der Waals surface area (Å²) in [5, 5.41) is 4.57. The quantitative estimate of drug-likeness (QED) is 0.200. The standard InChI is InChI=1S/C24H12O3/c25-23-20-11-9-15(12-22(20)24(26)27-23)8-10-16-6-3-7-19-13-17-4-1-2-5-18(17)14-21(16)19/h1-7,9,11-14H. The van der Waals surface area contributed by atoms with E-state index < -0.39 is 11.9 Å². The topological polar surface area (TPSA) is 43.4 Å². The van der Waals surface area contributed by atoms with E-state index in [-0.39, 0.29) is 5.56 Å². The molecule has 1 aliphatic heterocycles. The molecule has 0 amide bonds. The van der Waals surface area contributed by atoms with Crippen molar-refractivity contribution in [3.8, 4) is 11.8 Å². The zero-order valence-corrected chi connectivity index (χ0v) is 14.2. The van der Waals surface area contributed by atoms with Crippen molar-refractivity contribution >= 4 is 33.5 Å². The van der Waals surface area contributed by atoms with E-state index in [4.69, 9.17) is 0 Å². The SMILES string of the molecule is O=C1OC(=O)c2cc(C#Cc3cccc4cc5ccccc5cc34)ccc21. The predicted molar refractivity (Wildman–Crippen MR) is 104 cm³/mol. The highest BCUT2D eigenvalue weighted by Crippen LogP contribution is 2.25. The molecule has 3 heteroatoms. The van der Waals surface area contributed by atoms with Crippen molar-refractivity contribution < 1.29 is 14.3 Å². The van der Waals surface area contributed by atoms with Crippen LogP contribution < -0.4 is 0 Å². The summed E-state index contributed by atoms with van der Waals surface area (Å²) in [4.78, 5) is 23.3. The number of cyclic esters (lactones) is 2. The van der Waals surface area contributed by atoms with Gasteiger partial charge in [0.1, 0.15) is 0 Å². The smallest absolute Gasteiger partial charge is 0.346 e. The molecule has 0 unspecified atom stereocenters. The molecule has 4 aromatic rings. The molecular weight excluding hydrogens is 336 g/mol. The van der Waals surface area contributed by atoms with E-state index in [1.807, 2.05) is 24.3 Å². The van der Waals surface area contributed by atoms with Crippen molar-refractivity contribution in [3.63, 3.8) is 0 Å². The molecule has 5 rings (SSSR count). The van der Waals surface area contributed by atoms with E-state index in [2.05, 4.69) is 46.9 Å². The highest BCUT2D eigenvalue weighted by molar-refractivity contribution is 6.14. The van der Waals surface area contributed by atoms with Crippen LogP contribution in [-0.4, -0.2) is 11.9 Å². The van der Waals surface area contributed by atoms with Gasteiger partial charge in [-0.15, -0.1) is 0 Å². The van der Waals surface area contributed by atoms with Crippen molar-refractivity contribution in [2.24, 2.45) is 0 Å². The first-order valence-corrected chi connectivity index (χ1v) is 8.53. The van der Waals surface area contributed by atoms with Crippen molar-refractivity contribution in [1.82, 2.24) is 0 Å². The summed E-state index contributed by atoms with van der Waals surface area (Å²) in [5.41, 5.74) is 2.15. The van der Waals surface area contributed by atoms with Crippen molar-refractivity contribution in [2.75, 3.05) is 0 Å². The van der Waals surface area contributed by atoms with Crippen LogP contribution in [0, 0.1) is 11.8 Å². The lowest BCUT2D eigenvalue weighted by Crippen LogP contribution is -1.96. The third-order valence-electron chi connectivity index (χ3n) is 4.73. The molecule has 0 bridgehead atoms. The molecule has 0 saturated heterocycles. The van der Waals surface area contributed by atoms with E-state index in [0.29, 0.717) is 11.1 Å². The Hall–Kier alpha value is -3.90. The fraction of sp³-hybridized carbons (Fsp3) is 0. The van der Waals surface area contributed by atoms with Gasteiger partial charge in [-0.05, 0) is 57.9 Å². The van der Waals surface area contributed by atoms with Crippen LogP contribution >= 0.6 is 0 Å². The van der Waals surface area contributed by atoms with Gasteiger partial charge < -0.3 is 4.74 Å². The largest absolute Gasteiger partial charge is 0.386 e. The third kappa shape index (κ3) is 2.56. The summed E-state index contributed by atoms with van der Waals surface area (Å²) in [7, 11) is 0. The third-order valence-corrected chi connectivity index (χ3v) is 4.73. The first-order valence-electron chi connectivity index (χ1n) is 8.53. The van der Waals surface area contributed by atoms with Gasteiger partial charge in [-0.25, -0.2) is 9.59 Å². The van der Waals surface area contributed by atoms with Gasteiger partial charge in [0.2, 0.25) is 0 Å². The minimum atomic E-state index is -0.615. The maximum atomic E-state index is 11.7. The Morgan fingerprint density at radius 1 is 0.630 bits per heavy atom. The number of benzene rings is 4. The second-order valence-electron chi connectivity index (χ2n) is 6.41. The van der Waals surface area contributed by atoms with Gasteiger partial charge in [-0.2, -0.15) is 0 Å². The molecule has 0 spiro atoms. The molecule has 1 heterocycles. The summed E-state index contributed by atoms with van der Waals surface area (Å²) >= 11 is 0. The second kappa shape index (κ2) is 5.82. The van der Waals surface area contributed by atoms with E-state index in [0.717, 1.165) is 21.7 Å². The molecule has 3 nitrogen and oxygen atoms in total. The molecule has 0 atom stereocenters. The average Bonchev–Trinajstić information content (AvgIpc) is 2.98. The van der Waals surface area contributed by atoms with Crippen molar-refractivity contribution in [3.05, 3.63) is 95.1 Å². The Labute approximate surface area is 155 Å². The van der Waals surface area contributed by atoms with Gasteiger partial charge >= 0.3 is 11.9 Å². The van der Waals surface area contributed by atoms with Gasteiger partial charge in [-0.3, -0.25) is 0 Å². The Morgan fingerprint density at radius 2 is 1.37 bits per heavy atom. The van der Waals surface area contributed by atoms with Gasteiger partial charge in [0, 0.05) is 11.1 Å². The first-order chi connectivity index (χ1) is 13.2. The highest BCUT2D eigenvalue weighted by Gasteiger charge is 2.29. The molecule has 0 radical (unpaired) electrons. The van der Waals surface area contributed by atoms with Crippen LogP contribution in [0.5, 0.6) is 0 Å². The number of esters is 2. The van der Waals surface area contributed by atoms with Crippen LogP contribution in [0.3, 0.4) is 0 Å². The fourth-order valence-electron chi connectivity index (χ4n) is 3.38. The van der Waals surface area contributed by atoms with Crippen LogP contribution in [0.25, 0.3) is 21.5 Å². The van der Waals surface area contributed by atoms with Crippen LogP contribution in [-0.2, 0) is 4.74 Å². The Morgan fingerprint density at radius 3 is 2.22 bits per heavy atom.